The number of unbranched alkanes of at least 4 members (excludes halogenated alkanes) is 2. The van der Waals surface area contributed by atoms with Crippen LogP contribution >= 0.6 is 0 Å². The molecule has 0 aliphatic heterocycles. The summed E-state index contributed by atoms with van der Waals surface area (Å²) in [6.07, 6.45) is 3.49. The molecule has 0 bridgehead atoms. The van der Waals surface area contributed by atoms with E-state index in [0.717, 1.165) is 38.9 Å². The quantitative estimate of drug-likeness (QED) is 0.357. The van der Waals surface area contributed by atoms with Crippen LogP contribution in [-0.4, -0.2) is 73.3 Å². The first-order valence-electron chi connectivity index (χ1n) is 6.42. The van der Waals surface area contributed by atoms with Crippen molar-refractivity contribution in [2.45, 2.75) is 25.7 Å². The Balaban J connectivity index is 0. The van der Waals surface area contributed by atoms with Crippen molar-refractivity contribution < 1.29 is 29.9 Å². The Kier molecular flexibility index (Phi) is 24.5. The second kappa shape index (κ2) is 22.0. The highest BCUT2D eigenvalue weighted by Gasteiger charge is 1.88. The molecule has 0 aromatic carbocycles. The van der Waals surface area contributed by atoms with Crippen molar-refractivity contribution in [2.75, 3.05) is 52.9 Å². The number of ether oxygens (including phenoxy) is 2. The summed E-state index contributed by atoms with van der Waals surface area (Å²) in [4.78, 5) is 0. The molecule has 0 saturated heterocycles. The van der Waals surface area contributed by atoms with E-state index in [9.17, 15) is 0 Å². The SMILES string of the molecule is OCCCCOCCCCO.OCCOCCO. The first kappa shape index (κ1) is 20.1. The number of aliphatic hydroxyl groups excluding tert-OH is 4. The third-order valence-corrected chi connectivity index (χ3v) is 1.86. The fourth-order valence-corrected chi connectivity index (χ4v) is 0.965. The zero-order valence-corrected chi connectivity index (χ0v) is 11.1. The van der Waals surface area contributed by atoms with E-state index in [4.69, 9.17) is 25.2 Å². The minimum Gasteiger partial charge on any atom is -0.396 e. The third-order valence-electron chi connectivity index (χ3n) is 1.86. The van der Waals surface area contributed by atoms with Crippen LogP contribution in [0.25, 0.3) is 0 Å². The zero-order chi connectivity index (χ0) is 13.9. The van der Waals surface area contributed by atoms with Crippen LogP contribution < -0.4 is 0 Å². The van der Waals surface area contributed by atoms with Crippen LogP contribution in [-0.2, 0) is 9.47 Å². The molecule has 0 aromatic rings. The van der Waals surface area contributed by atoms with E-state index >= 15 is 0 Å². The second-order valence-electron chi connectivity index (χ2n) is 3.53. The van der Waals surface area contributed by atoms with Gasteiger partial charge in [0.25, 0.3) is 0 Å². The molecule has 4 N–H and O–H groups in total. The highest BCUT2D eigenvalue weighted by atomic mass is 16.5. The summed E-state index contributed by atoms with van der Waals surface area (Å²) in [5, 5.41) is 33.0. The van der Waals surface area contributed by atoms with Crippen molar-refractivity contribution in [3.63, 3.8) is 0 Å². The van der Waals surface area contributed by atoms with Gasteiger partial charge in [0.15, 0.2) is 0 Å². The molecule has 0 aliphatic carbocycles. The Labute approximate surface area is 109 Å². The molecule has 112 valence electrons. The van der Waals surface area contributed by atoms with E-state index in [1.807, 2.05) is 0 Å². The molecule has 0 radical (unpaired) electrons. The van der Waals surface area contributed by atoms with Crippen LogP contribution in [0, 0.1) is 0 Å². The monoisotopic (exact) mass is 268 g/mol. The predicted octanol–water partition coefficient (Wildman–Crippen LogP) is -0.464. The second-order valence-corrected chi connectivity index (χ2v) is 3.53. The Morgan fingerprint density at radius 3 is 1.17 bits per heavy atom. The molecule has 0 aromatic heterocycles. The number of hydrogen-bond donors (Lipinski definition) is 4. The van der Waals surface area contributed by atoms with Crippen LogP contribution in [0.2, 0.25) is 0 Å². The minimum atomic E-state index is 0.0278. The average Bonchev–Trinajstić information content (AvgIpc) is 2.39. The summed E-state index contributed by atoms with van der Waals surface area (Å²) in [5.74, 6) is 0. The largest absolute Gasteiger partial charge is 0.396 e. The number of hydrogen-bond acceptors (Lipinski definition) is 6. The Morgan fingerprint density at radius 1 is 0.444 bits per heavy atom. The lowest BCUT2D eigenvalue weighted by molar-refractivity contribution is 0.0650. The van der Waals surface area contributed by atoms with Gasteiger partial charge in [0.2, 0.25) is 0 Å². The Morgan fingerprint density at radius 2 is 0.833 bits per heavy atom. The zero-order valence-electron chi connectivity index (χ0n) is 11.1. The smallest absolute Gasteiger partial charge is 0.0698 e. The fourth-order valence-electron chi connectivity index (χ4n) is 0.965. The molecule has 18 heavy (non-hydrogen) atoms. The maximum atomic E-state index is 8.42. The van der Waals surface area contributed by atoms with E-state index < -0.39 is 0 Å². The van der Waals surface area contributed by atoms with Gasteiger partial charge in [-0.25, -0.2) is 0 Å². The van der Waals surface area contributed by atoms with Gasteiger partial charge in [0, 0.05) is 26.4 Å². The molecular weight excluding hydrogens is 240 g/mol. The van der Waals surface area contributed by atoms with E-state index in [2.05, 4.69) is 4.74 Å². The van der Waals surface area contributed by atoms with Gasteiger partial charge in [-0.1, -0.05) is 0 Å². The van der Waals surface area contributed by atoms with Gasteiger partial charge in [0.1, 0.15) is 0 Å². The molecular formula is C12H28O6. The maximum absolute atomic E-state index is 8.42. The normalized spacial score (nSPS) is 10.0. The lowest BCUT2D eigenvalue weighted by Gasteiger charge is -2.01. The van der Waals surface area contributed by atoms with Gasteiger partial charge in [0.05, 0.1) is 26.4 Å². The number of rotatable bonds is 12. The summed E-state index contributed by atoms with van der Waals surface area (Å²) < 4.78 is 9.85. The van der Waals surface area contributed by atoms with Gasteiger partial charge >= 0.3 is 0 Å². The van der Waals surface area contributed by atoms with E-state index in [1.54, 1.807) is 0 Å². The van der Waals surface area contributed by atoms with Crippen LogP contribution in [0.5, 0.6) is 0 Å². The highest BCUT2D eigenvalue weighted by molar-refractivity contribution is 4.38. The lowest BCUT2D eigenvalue weighted by Crippen LogP contribution is -2.03. The first-order valence-corrected chi connectivity index (χ1v) is 6.42. The highest BCUT2D eigenvalue weighted by Crippen LogP contribution is 1.92. The van der Waals surface area contributed by atoms with E-state index in [1.165, 1.54) is 0 Å². The predicted molar refractivity (Wildman–Crippen MR) is 68.4 cm³/mol. The molecule has 0 heterocycles. The minimum absolute atomic E-state index is 0.0278. The Hall–Kier alpha value is -0.240. The van der Waals surface area contributed by atoms with Crippen molar-refractivity contribution >= 4 is 0 Å². The standard InChI is InChI=1S/C8H18O3.C4H10O3/c9-5-1-3-7-11-8-4-2-6-10;5-1-3-7-4-2-6/h9-10H,1-8H2;5-6H,1-4H2. The maximum Gasteiger partial charge on any atom is 0.0698 e. The topological polar surface area (TPSA) is 99.4 Å². The van der Waals surface area contributed by atoms with Gasteiger partial charge in [-0.05, 0) is 25.7 Å². The van der Waals surface area contributed by atoms with Crippen molar-refractivity contribution in [1.82, 2.24) is 0 Å². The summed E-state index contributed by atoms with van der Waals surface area (Å²) in [7, 11) is 0. The summed E-state index contributed by atoms with van der Waals surface area (Å²) >= 11 is 0. The molecule has 0 saturated carbocycles. The molecule has 6 heteroatoms. The first-order chi connectivity index (χ1) is 8.83. The van der Waals surface area contributed by atoms with Crippen LogP contribution in [0.3, 0.4) is 0 Å². The molecule has 0 unspecified atom stereocenters. The van der Waals surface area contributed by atoms with Crippen molar-refractivity contribution in [3.8, 4) is 0 Å². The molecule has 0 spiro atoms. The van der Waals surface area contributed by atoms with Crippen LogP contribution in [0.4, 0.5) is 0 Å². The van der Waals surface area contributed by atoms with Crippen molar-refractivity contribution in [1.29, 1.82) is 0 Å². The number of aliphatic hydroxyl groups is 4. The summed E-state index contributed by atoms with van der Waals surface area (Å²) in [5.41, 5.74) is 0. The molecule has 0 atom stereocenters. The summed E-state index contributed by atoms with van der Waals surface area (Å²) in [6.45, 7) is 2.65. The molecule has 0 fully saturated rings. The van der Waals surface area contributed by atoms with Gasteiger partial charge in [-0.15, -0.1) is 0 Å². The summed E-state index contributed by atoms with van der Waals surface area (Å²) in [6, 6.07) is 0. The van der Waals surface area contributed by atoms with Gasteiger partial charge in [-0.3, -0.25) is 0 Å². The Bertz CT molecular complexity index is 111. The third kappa shape index (κ3) is 24.8. The lowest BCUT2D eigenvalue weighted by atomic mass is 10.3. The van der Waals surface area contributed by atoms with Gasteiger partial charge < -0.3 is 29.9 Å². The molecule has 0 aliphatic rings. The van der Waals surface area contributed by atoms with Crippen molar-refractivity contribution in [3.05, 3.63) is 0 Å². The van der Waals surface area contributed by atoms with Crippen LogP contribution in [0.1, 0.15) is 25.7 Å². The molecule has 0 rings (SSSR count). The fraction of sp³-hybridized carbons (Fsp3) is 1.00. The average molecular weight is 268 g/mol. The molecule has 6 nitrogen and oxygen atoms in total. The molecule has 0 amide bonds. The van der Waals surface area contributed by atoms with E-state index in [-0.39, 0.29) is 26.4 Å². The van der Waals surface area contributed by atoms with Crippen LogP contribution in [0.15, 0.2) is 0 Å². The van der Waals surface area contributed by atoms with Gasteiger partial charge in [-0.2, -0.15) is 0 Å². The van der Waals surface area contributed by atoms with Crippen molar-refractivity contribution in [2.24, 2.45) is 0 Å². The van der Waals surface area contributed by atoms with E-state index in [0.29, 0.717) is 13.2 Å².